The molecule has 0 spiro atoms. The molecular weight excluding hydrogens is 332 g/mol. The summed E-state index contributed by atoms with van der Waals surface area (Å²) in [6, 6.07) is 16.0. The highest BCUT2D eigenvalue weighted by atomic mass is 16.5. The molecule has 0 heterocycles. The minimum absolute atomic E-state index is 0.270. The molecule has 1 aliphatic carbocycles. The molecule has 1 unspecified atom stereocenters. The van der Waals surface area contributed by atoms with Gasteiger partial charge in [0.1, 0.15) is 5.75 Å². The lowest BCUT2D eigenvalue weighted by molar-refractivity contribution is 0.0734. The van der Waals surface area contributed by atoms with Crippen LogP contribution in [0.15, 0.2) is 48.5 Å². The first kappa shape index (κ1) is 19.7. The van der Waals surface area contributed by atoms with Crippen LogP contribution in [0.2, 0.25) is 0 Å². The number of rotatable bonds is 6. The fourth-order valence-electron chi connectivity index (χ4n) is 4.26. The predicted molar refractivity (Wildman–Crippen MR) is 112 cm³/mol. The second-order valence-electron chi connectivity index (χ2n) is 8.35. The van der Waals surface area contributed by atoms with Gasteiger partial charge in [0.15, 0.2) is 0 Å². The molecule has 2 aromatic rings. The molecule has 0 N–H and O–H groups in total. The SMILES string of the molecule is CCCC(C)c1ccc(C(=O)Oc2ccc(C3(C)CCCCC3)cc2)cc1. The topological polar surface area (TPSA) is 26.3 Å². The minimum Gasteiger partial charge on any atom is -0.423 e. The molecule has 1 saturated carbocycles. The zero-order valence-electron chi connectivity index (χ0n) is 17.0. The van der Waals surface area contributed by atoms with Crippen molar-refractivity contribution in [2.75, 3.05) is 0 Å². The summed E-state index contributed by atoms with van der Waals surface area (Å²) in [5.41, 5.74) is 3.51. The van der Waals surface area contributed by atoms with Gasteiger partial charge in [-0.2, -0.15) is 0 Å². The summed E-state index contributed by atoms with van der Waals surface area (Å²) in [5.74, 6) is 0.849. The van der Waals surface area contributed by atoms with Gasteiger partial charge in [-0.25, -0.2) is 4.79 Å². The molecule has 1 aliphatic rings. The average molecular weight is 365 g/mol. The van der Waals surface area contributed by atoms with E-state index >= 15 is 0 Å². The molecule has 1 fully saturated rings. The van der Waals surface area contributed by atoms with Gasteiger partial charge in [-0.05, 0) is 66.0 Å². The van der Waals surface area contributed by atoms with Crippen molar-refractivity contribution in [1.82, 2.24) is 0 Å². The molecule has 0 aromatic heterocycles. The van der Waals surface area contributed by atoms with Crippen molar-refractivity contribution in [1.29, 1.82) is 0 Å². The summed E-state index contributed by atoms with van der Waals surface area (Å²) >= 11 is 0. The van der Waals surface area contributed by atoms with Gasteiger partial charge in [0, 0.05) is 0 Å². The second-order valence-corrected chi connectivity index (χ2v) is 8.35. The fraction of sp³-hybridized carbons (Fsp3) is 0.480. The Bertz CT molecular complexity index is 737. The van der Waals surface area contributed by atoms with Gasteiger partial charge in [-0.3, -0.25) is 0 Å². The van der Waals surface area contributed by atoms with Crippen LogP contribution in [0.25, 0.3) is 0 Å². The van der Waals surface area contributed by atoms with Gasteiger partial charge < -0.3 is 4.74 Å². The lowest BCUT2D eigenvalue weighted by Crippen LogP contribution is -2.24. The van der Waals surface area contributed by atoms with E-state index in [9.17, 15) is 4.79 Å². The van der Waals surface area contributed by atoms with E-state index in [1.165, 1.54) is 49.7 Å². The van der Waals surface area contributed by atoms with Crippen LogP contribution in [0, 0.1) is 0 Å². The Morgan fingerprint density at radius 2 is 1.63 bits per heavy atom. The van der Waals surface area contributed by atoms with Crippen molar-refractivity contribution in [2.24, 2.45) is 0 Å². The first-order chi connectivity index (χ1) is 13.0. The van der Waals surface area contributed by atoms with Crippen LogP contribution < -0.4 is 4.74 Å². The maximum absolute atomic E-state index is 12.4. The molecule has 0 radical (unpaired) electrons. The van der Waals surface area contributed by atoms with Gasteiger partial charge in [0.2, 0.25) is 0 Å². The van der Waals surface area contributed by atoms with Crippen molar-refractivity contribution >= 4 is 5.97 Å². The molecule has 144 valence electrons. The van der Waals surface area contributed by atoms with Crippen molar-refractivity contribution in [2.45, 2.75) is 77.0 Å². The summed E-state index contributed by atoms with van der Waals surface area (Å²) in [7, 11) is 0. The van der Waals surface area contributed by atoms with Crippen LogP contribution in [0.4, 0.5) is 0 Å². The standard InChI is InChI=1S/C25H32O2/c1-4-8-19(2)20-9-11-21(12-10-20)24(26)27-23-15-13-22(14-16-23)25(3)17-6-5-7-18-25/h9-16,19H,4-8,17-18H2,1-3H3. The Morgan fingerprint density at radius 1 is 1.00 bits per heavy atom. The molecule has 0 saturated heterocycles. The first-order valence-electron chi connectivity index (χ1n) is 10.4. The molecule has 2 nitrogen and oxygen atoms in total. The highest BCUT2D eigenvalue weighted by Crippen LogP contribution is 2.39. The van der Waals surface area contributed by atoms with Gasteiger partial charge in [0.05, 0.1) is 5.56 Å². The number of hydrogen-bond acceptors (Lipinski definition) is 2. The number of ether oxygens (including phenoxy) is 1. The zero-order valence-corrected chi connectivity index (χ0v) is 17.0. The smallest absolute Gasteiger partial charge is 0.343 e. The van der Waals surface area contributed by atoms with Crippen molar-refractivity contribution in [3.8, 4) is 5.75 Å². The maximum Gasteiger partial charge on any atom is 0.343 e. The number of carbonyl (C=O) groups excluding carboxylic acids is 1. The van der Waals surface area contributed by atoms with E-state index in [1.54, 1.807) is 0 Å². The van der Waals surface area contributed by atoms with Crippen LogP contribution in [-0.4, -0.2) is 5.97 Å². The molecule has 0 aliphatic heterocycles. The normalized spacial score (nSPS) is 17.3. The van der Waals surface area contributed by atoms with Crippen LogP contribution in [-0.2, 0) is 5.41 Å². The fourth-order valence-corrected chi connectivity index (χ4v) is 4.26. The lowest BCUT2D eigenvalue weighted by atomic mass is 9.71. The second kappa shape index (κ2) is 8.73. The van der Waals surface area contributed by atoms with E-state index in [1.807, 2.05) is 36.4 Å². The average Bonchev–Trinajstić information content (AvgIpc) is 2.69. The number of carbonyl (C=O) groups is 1. The van der Waals surface area contributed by atoms with E-state index in [4.69, 9.17) is 4.74 Å². The third-order valence-electron chi connectivity index (χ3n) is 6.16. The monoisotopic (exact) mass is 364 g/mol. The lowest BCUT2D eigenvalue weighted by Gasteiger charge is -2.34. The van der Waals surface area contributed by atoms with E-state index < -0.39 is 0 Å². The summed E-state index contributed by atoms with van der Waals surface area (Å²) < 4.78 is 5.58. The molecule has 3 rings (SSSR count). The van der Waals surface area contributed by atoms with Crippen LogP contribution in [0.3, 0.4) is 0 Å². The highest BCUT2D eigenvalue weighted by Gasteiger charge is 2.28. The van der Waals surface area contributed by atoms with E-state index in [2.05, 4.69) is 32.9 Å². The summed E-state index contributed by atoms with van der Waals surface area (Å²) in [6.07, 6.45) is 8.78. The first-order valence-corrected chi connectivity index (χ1v) is 10.4. The molecule has 27 heavy (non-hydrogen) atoms. The third-order valence-corrected chi connectivity index (χ3v) is 6.16. The van der Waals surface area contributed by atoms with E-state index in [0.717, 1.165) is 6.42 Å². The molecule has 2 aromatic carbocycles. The number of hydrogen-bond donors (Lipinski definition) is 0. The number of esters is 1. The van der Waals surface area contributed by atoms with Crippen LogP contribution >= 0.6 is 0 Å². The maximum atomic E-state index is 12.4. The molecule has 0 bridgehead atoms. The van der Waals surface area contributed by atoms with Gasteiger partial charge >= 0.3 is 5.97 Å². The molecule has 0 amide bonds. The van der Waals surface area contributed by atoms with E-state index in [-0.39, 0.29) is 11.4 Å². The van der Waals surface area contributed by atoms with Crippen LogP contribution in [0.5, 0.6) is 5.75 Å². The van der Waals surface area contributed by atoms with E-state index in [0.29, 0.717) is 17.2 Å². The zero-order chi connectivity index (χ0) is 19.3. The third kappa shape index (κ3) is 4.80. The molecule has 2 heteroatoms. The summed E-state index contributed by atoms with van der Waals surface area (Å²) in [4.78, 5) is 12.4. The Balaban J connectivity index is 1.64. The van der Waals surface area contributed by atoms with Gasteiger partial charge in [0.25, 0.3) is 0 Å². The largest absolute Gasteiger partial charge is 0.423 e. The quantitative estimate of drug-likeness (QED) is 0.406. The highest BCUT2D eigenvalue weighted by molar-refractivity contribution is 5.91. The molecular formula is C25H32O2. The number of benzene rings is 2. The van der Waals surface area contributed by atoms with Crippen molar-refractivity contribution in [3.63, 3.8) is 0 Å². The Hall–Kier alpha value is -2.09. The van der Waals surface area contributed by atoms with Crippen molar-refractivity contribution in [3.05, 3.63) is 65.2 Å². The predicted octanol–water partition coefficient (Wildman–Crippen LogP) is 7.03. The van der Waals surface area contributed by atoms with Gasteiger partial charge in [-0.15, -0.1) is 0 Å². The minimum atomic E-state index is -0.290. The van der Waals surface area contributed by atoms with Gasteiger partial charge in [-0.1, -0.05) is 70.7 Å². The van der Waals surface area contributed by atoms with Crippen LogP contribution in [0.1, 0.15) is 93.1 Å². The summed E-state index contributed by atoms with van der Waals surface area (Å²) in [5, 5.41) is 0. The van der Waals surface area contributed by atoms with Crippen molar-refractivity contribution < 1.29 is 9.53 Å². The Morgan fingerprint density at radius 3 is 2.22 bits per heavy atom. The molecule has 1 atom stereocenters. The summed E-state index contributed by atoms with van der Waals surface area (Å²) in [6.45, 7) is 6.78. The Kier molecular flexibility index (Phi) is 6.36. The Labute approximate surface area is 164 Å².